The highest BCUT2D eigenvalue weighted by atomic mass is 35.5. The minimum atomic E-state index is -0.784. The Balaban J connectivity index is 2.64. The lowest BCUT2D eigenvalue weighted by molar-refractivity contribution is 0.587. The van der Waals surface area contributed by atoms with Crippen molar-refractivity contribution in [2.24, 2.45) is 0 Å². The van der Waals surface area contributed by atoms with Gasteiger partial charge in [0.25, 0.3) is 0 Å². The molecule has 0 saturated carbocycles. The van der Waals surface area contributed by atoms with Gasteiger partial charge in [0.1, 0.15) is 10.8 Å². The fourth-order valence-corrected chi connectivity index (χ4v) is 1.26. The number of hydrogen-bond donors (Lipinski definition) is 2. The third-order valence-corrected chi connectivity index (χ3v) is 2.06. The number of hydrogen-bond acceptors (Lipinski definition) is 2. The Kier molecular flexibility index (Phi) is 1.84. The molecule has 1 heterocycles. The number of fused-ring (bicyclic) bond motifs is 1. The minimum Gasteiger partial charge on any atom is -0.358 e. The Bertz CT molecular complexity index is 390. The van der Waals surface area contributed by atoms with E-state index in [1.165, 1.54) is 12.4 Å². The first-order valence-corrected chi connectivity index (χ1v) is 3.93. The Labute approximate surface area is 78.2 Å². The molecule has 0 radical (unpaired) electrons. The first-order chi connectivity index (χ1) is 6.20. The van der Waals surface area contributed by atoms with Crippen molar-refractivity contribution >= 4 is 23.0 Å². The molecule has 0 fully saturated rings. The van der Waals surface area contributed by atoms with Crippen LogP contribution in [-0.4, -0.2) is 0 Å². The van der Waals surface area contributed by atoms with E-state index >= 15 is 0 Å². The largest absolute Gasteiger partial charge is 0.358 e. The van der Waals surface area contributed by atoms with Gasteiger partial charge in [-0.15, -0.1) is 0 Å². The van der Waals surface area contributed by atoms with Gasteiger partial charge in [0.15, 0.2) is 5.82 Å². The molecule has 2 rings (SSSR count). The monoisotopic (exact) mass is 202 g/mol. The van der Waals surface area contributed by atoms with E-state index in [1.54, 1.807) is 0 Å². The highest BCUT2D eigenvalue weighted by Gasteiger charge is 2.17. The van der Waals surface area contributed by atoms with Crippen LogP contribution in [0.25, 0.3) is 0 Å². The summed E-state index contributed by atoms with van der Waals surface area (Å²) in [5.74, 6) is -1.56. The maximum absolute atomic E-state index is 13.2. The van der Waals surface area contributed by atoms with Gasteiger partial charge in [-0.25, -0.2) is 8.78 Å². The molecule has 0 unspecified atom stereocenters. The molecule has 2 nitrogen and oxygen atoms in total. The summed E-state index contributed by atoms with van der Waals surface area (Å²) in [6.45, 7) is 0. The van der Waals surface area contributed by atoms with Crippen LogP contribution in [0.2, 0.25) is 5.02 Å². The summed E-state index contributed by atoms with van der Waals surface area (Å²) in [5.41, 5.74) is 0.496. The second-order valence-corrected chi connectivity index (χ2v) is 2.91. The second kappa shape index (κ2) is 2.88. The van der Waals surface area contributed by atoms with Crippen LogP contribution in [-0.2, 0) is 0 Å². The summed E-state index contributed by atoms with van der Waals surface area (Å²) in [6.07, 6.45) is 3.04. The molecule has 5 heteroatoms. The van der Waals surface area contributed by atoms with Crippen molar-refractivity contribution in [3.63, 3.8) is 0 Å². The Hall–Kier alpha value is -1.29. The van der Waals surface area contributed by atoms with Gasteiger partial charge in [-0.3, -0.25) is 0 Å². The Morgan fingerprint density at radius 2 is 1.85 bits per heavy atom. The number of halogens is 3. The van der Waals surface area contributed by atoms with Gasteiger partial charge < -0.3 is 10.6 Å². The minimum absolute atomic E-state index is 0.161. The van der Waals surface area contributed by atoms with Crippen LogP contribution in [0.15, 0.2) is 18.5 Å². The van der Waals surface area contributed by atoms with Crippen molar-refractivity contribution in [3.05, 3.63) is 35.1 Å². The van der Waals surface area contributed by atoms with Gasteiger partial charge >= 0.3 is 0 Å². The van der Waals surface area contributed by atoms with E-state index in [9.17, 15) is 8.78 Å². The average Bonchev–Trinajstić information content (AvgIpc) is 2.15. The summed E-state index contributed by atoms with van der Waals surface area (Å²) < 4.78 is 26.1. The normalized spacial score (nSPS) is 13.2. The van der Waals surface area contributed by atoms with Crippen molar-refractivity contribution in [1.29, 1.82) is 0 Å². The molecule has 1 aromatic carbocycles. The quantitative estimate of drug-likeness (QED) is 0.632. The van der Waals surface area contributed by atoms with Gasteiger partial charge in [0, 0.05) is 18.5 Å². The zero-order valence-corrected chi connectivity index (χ0v) is 7.12. The molecule has 0 saturated heterocycles. The SMILES string of the molecule is Fc1cc2c(c(F)c1Cl)NC=CN2. The number of rotatable bonds is 0. The fraction of sp³-hybridized carbons (Fsp3) is 0. The van der Waals surface area contributed by atoms with E-state index in [0.717, 1.165) is 6.07 Å². The summed E-state index contributed by atoms with van der Waals surface area (Å²) in [7, 11) is 0. The van der Waals surface area contributed by atoms with Gasteiger partial charge in [0.2, 0.25) is 0 Å². The maximum atomic E-state index is 13.2. The Morgan fingerprint density at radius 1 is 1.15 bits per heavy atom. The van der Waals surface area contributed by atoms with Crippen LogP contribution < -0.4 is 10.6 Å². The van der Waals surface area contributed by atoms with E-state index < -0.39 is 16.7 Å². The molecule has 2 N–H and O–H groups in total. The van der Waals surface area contributed by atoms with Crippen LogP contribution in [0.4, 0.5) is 20.2 Å². The summed E-state index contributed by atoms with van der Waals surface area (Å²) in [4.78, 5) is 0. The zero-order chi connectivity index (χ0) is 9.42. The van der Waals surface area contributed by atoms with Gasteiger partial charge in [-0.05, 0) is 0 Å². The molecule has 0 amide bonds. The van der Waals surface area contributed by atoms with E-state index in [2.05, 4.69) is 10.6 Å². The third-order valence-electron chi connectivity index (χ3n) is 1.71. The van der Waals surface area contributed by atoms with E-state index in [1.807, 2.05) is 0 Å². The maximum Gasteiger partial charge on any atom is 0.170 e. The first-order valence-electron chi connectivity index (χ1n) is 3.55. The topological polar surface area (TPSA) is 24.1 Å². The third kappa shape index (κ3) is 1.23. The van der Waals surface area contributed by atoms with E-state index in [0.29, 0.717) is 5.69 Å². The van der Waals surface area contributed by atoms with Crippen LogP contribution in [0.1, 0.15) is 0 Å². The summed E-state index contributed by atoms with van der Waals surface area (Å²) in [5, 5.41) is 4.82. The molecular weight excluding hydrogens is 198 g/mol. The van der Waals surface area contributed by atoms with Crippen LogP contribution in [0.5, 0.6) is 0 Å². The summed E-state index contributed by atoms with van der Waals surface area (Å²) in [6, 6.07) is 1.14. The van der Waals surface area contributed by atoms with Gasteiger partial charge in [0.05, 0.1) is 11.4 Å². The fourth-order valence-electron chi connectivity index (χ4n) is 1.11. The van der Waals surface area contributed by atoms with Gasteiger partial charge in [-0.2, -0.15) is 0 Å². The standard InChI is InChI=1S/C8H5ClF2N2/c9-6-4(10)3-5-8(7(6)11)13-2-1-12-5/h1-3,12-13H. The molecule has 1 aromatic rings. The predicted molar refractivity (Wildman–Crippen MR) is 47.8 cm³/mol. The summed E-state index contributed by atoms with van der Waals surface area (Å²) >= 11 is 5.37. The molecule has 0 atom stereocenters. The molecule has 0 aliphatic carbocycles. The van der Waals surface area contributed by atoms with Crippen molar-refractivity contribution in [3.8, 4) is 0 Å². The first kappa shape index (κ1) is 8.31. The Morgan fingerprint density at radius 3 is 2.62 bits per heavy atom. The molecule has 0 aromatic heterocycles. The van der Waals surface area contributed by atoms with Crippen molar-refractivity contribution in [2.75, 3.05) is 10.6 Å². The van der Waals surface area contributed by atoms with Crippen LogP contribution in [0.3, 0.4) is 0 Å². The number of nitrogens with one attached hydrogen (secondary N) is 2. The molecule has 13 heavy (non-hydrogen) atoms. The number of anilines is 2. The van der Waals surface area contributed by atoms with E-state index in [-0.39, 0.29) is 5.69 Å². The molecule has 0 bridgehead atoms. The highest BCUT2D eigenvalue weighted by molar-refractivity contribution is 6.31. The second-order valence-electron chi connectivity index (χ2n) is 2.53. The lowest BCUT2D eigenvalue weighted by Crippen LogP contribution is -2.05. The van der Waals surface area contributed by atoms with Crippen molar-refractivity contribution in [2.45, 2.75) is 0 Å². The molecule has 68 valence electrons. The zero-order valence-electron chi connectivity index (χ0n) is 6.37. The van der Waals surface area contributed by atoms with E-state index in [4.69, 9.17) is 11.6 Å². The smallest absolute Gasteiger partial charge is 0.170 e. The molecule has 0 spiro atoms. The molecule has 1 aliphatic heterocycles. The highest BCUT2D eigenvalue weighted by Crippen LogP contribution is 2.34. The average molecular weight is 203 g/mol. The van der Waals surface area contributed by atoms with Crippen molar-refractivity contribution in [1.82, 2.24) is 0 Å². The predicted octanol–water partition coefficient (Wildman–Crippen LogP) is 2.93. The van der Waals surface area contributed by atoms with Gasteiger partial charge in [-0.1, -0.05) is 11.6 Å². The molecule has 1 aliphatic rings. The lowest BCUT2D eigenvalue weighted by atomic mass is 10.2. The van der Waals surface area contributed by atoms with Crippen molar-refractivity contribution < 1.29 is 8.78 Å². The van der Waals surface area contributed by atoms with Crippen LogP contribution in [0, 0.1) is 11.6 Å². The van der Waals surface area contributed by atoms with Crippen LogP contribution >= 0.6 is 11.6 Å². The lowest BCUT2D eigenvalue weighted by Gasteiger charge is -2.15. The molecular formula is C8H5ClF2N2. The number of benzene rings is 1.